The van der Waals surface area contributed by atoms with Crippen molar-refractivity contribution < 1.29 is 10.2 Å². The summed E-state index contributed by atoms with van der Waals surface area (Å²) in [5.41, 5.74) is 0.123. The van der Waals surface area contributed by atoms with E-state index < -0.39 is 6.29 Å². The predicted octanol–water partition coefficient (Wildman–Crippen LogP) is 2.29. The fraction of sp³-hybridized carbons (Fsp3) is 1.00. The van der Waals surface area contributed by atoms with Crippen LogP contribution in [0.3, 0.4) is 0 Å². The Bertz CT molecular complexity index is 104. The van der Waals surface area contributed by atoms with Crippen LogP contribution >= 0.6 is 0 Å². The molecule has 0 saturated heterocycles. The number of hydrogen-bond donors (Lipinski definition) is 2. The number of aliphatic hydroxyl groups excluding tert-OH is 1. The Morgan fingerprint density at radius 2 is 1.50 bits per heavy atom. The van der Waals surface area contributed by atoms with Gasteiger partial charge in [-0.2, -0.15) is 0 Å². The third-order valence-electron chi connectivity index (χ3n) is 2.38. The van der Waals surface area contributed by atoms with E-state index in [1.165, 1.54) is 0 Å². The molecule has 0 amide bonds. The Kier molecular flexibility index (Phi) is 5.51. The first-order valence-electron chi connectivity index (χ1n) is 4.90. The molecule has 0 aliphatic carbocycles. The molecule has 0 aromatic carbocycles. The molecule has 12 heavy (non-hydrogen) atoms. The molecule has 0 atom stereocenters. The average Bonchev–Trinajstić information content (AvgIpc) is 1.85. The van der Waals surface area contributed by atoms with Gasteiger partial charge < -0.3 is 10.2 Å². The van der Waals surface area contributed by atoms with Gasteiger partial charge in [0, 0.05) is 6.42 Å². The standard InChI is InChI=1S/C10H22O2/c1-4-6-10(3,7-5-2)8-9(11)12/h9,11-12H,4-8H2,1-3H3. The lowest BCUT2D eigenvalue weighted by molar-refractivity contribution is -0.0730. The van der Waals surface area contributed by atoms with Crippen molar-refractivity contribution in [2.24, 2.45) is 5.41 Å². The van der Waals surface area contributed by atoms with Crippen LogP contribution in [0.5, 0.6) is 0 Å². The van der Waals surface area contributed by atoms with Crippen molar-refractivity contribution in [3.8, 4) is 0 Å². The number of rotatable bonds is 6. The summed E-state index contributed by atoms with van der Waals surface area (Å²) in [5.74, 6) is 0. The maximum absolute atomic E-state index is 8.90. The molecule has 0 radical (unpaired) electrons. The summed E-state index contributed by atoms with van der Waals surface area (Å²) >= 11 is 0. The second kappa shape index (κ2) is 5.55. The second-order valence-corrected chi connectivity index (χ2v) is 4.00. The lowest BCUT2D eigenvalue weighted by atomic mass is 9.78. The van der Waals surface area contributed by atoms with Crippen LogP contribution in [0.2, 0.25) is 0 Å². The molecular weight excluding hydrogens is 152 g/mol. The van der Waals surface area contributed by atoms with E-state index in [9.17, 15) is 0 Å². The van der Waals surface area contributed by atoms with Gasteiger partial charge in [0.1, 0.15) is 0 Å². The van der Waals surface area contributed by atoms with Gasteiger partial charge in [-0.25, -0.2) is 0 Å². The number of hydrogen-bond acceptors (Lipinski definition) is 2. The molecule has 0 aromatic rings. The summed E-state index contributed by atoms with van der Waals surface area (Å²) in [6, 6.07) is 0. The maximum atomic E-state index is 8.90. The largest absolute Gasteiger partial charge is 0.368 e. The molecule has 2 heteroatoms. The lowest BCUT2D eigenvalue weighted by Crippen LogP contribution is -2.23. The number of aliphatic hydroxyl groups is 2. The van der Waals surface area contributed by atoms with Crippen LogP contribution in [-0.2, 0) is 0 Å². The van der Waals surface area contributed by atoms with E-state index in [1.807, 2.05) is 0 Å². The van der Waals surface area contributed by atoms with Gasteiger partial charge >= 0.3 is 0 Å². The second-order valence-electron chi connectivity index (χ2n) is 4.00. The minimum atomic E-state index is -1.15. The minimum absolute atomic E-state index is 0.123. The van der Waals surface area contributed by atoms with E-state index in [2.05, 4.69) is 20.8 Å². The average molecular weight is 174 g/mol. The fourth-order valence-electron chi connectivity index (χ4n) is 1.98. The molecular formula is C10H22O2. The van der Waals surface area contributed by atoms with E-state index in [-0.39, 0.29) is 5.41 Å². The smallest absolute Gasteiger partial charge is 0.151 e. The van der Waals surface area contributed by atoms with Gasteiger partial charge in [-0.15, -0.1) is 0 Å². The molecule has 0 aliphatic heterocycles. The summed E-state index contributed by atoms with van der Waals surface area (Å²) in [5, 5.41) is 17.8. The molecule has 0 bridgehead atoms. The Labute approximate surface area is 75.6 Å². The maximum Gasteiger partial charge on any atom is 0.151 e. The summed E-state index contributed by atoms with van der Waals surface area (Å²) in [6.07, 6.45) is 3.76. The highest BCUT2D eigenvalue weighted by atomic mass is 16.5. The van der Waals surface area contributed by atoms with Crippen LogP contribution in [0, 0.1) is 5.41 Å². The van der Waals surface area contributed by atoms with Gasteiger partial charge in [-0.3, -0.25) is 0 Å². The van der Waals surface area contributed by atoms with Gasteiger partial charge in [-0.1, -0.05) is 33.6 Å². The molecule has 2 N–H and O–H groups in total. The van der Waals surface area contributed by atoms with Crippen molar-refractivity contribution in [3.05, 3.63) is 0 Å². The molecule has 0 fully saturated rings. The van der Waals surface area contributed by atoms with E-state index in [1.54, 1.807) is 0 Å². The minimum Gasteiger partial charge on any atom is -0.368 e. The van der Waals surface area contributed by atoms with Gasteiger partial charge in [0.25, 0.3) is 0 Å². The molecule has 74 valence electrons. The van der Waals surface area contributed by atoms with Crippen LogP contribution in [0.4, 0.5) is 0 Å². The van der Waals surface area contributed by atoms with E-state index >= 15 is 0 Å². The summed E-state index contributed by atoms with van der Waals surface area (Å²) in [4.78, 5) is 0. The van der Waals surface area contributed by atoms with Crippen molar-refractivity contribution >= 4 is 0 Å². The molecule has 0 aromatic heterocycles. The third-order valence-corrected chi connectivity index (χ3v) is 2.38. The molecule has 2 nitrogen and oxygen atoms in total. The normalized spacial score (nSPS) is 12.5. The zero-order valence-electron chi connectivity index (χ0n) is 8.51. The van der Waals surface area contributed by atoms with Crippen LogP contribution < -0.4 is 0 Å². The van der Waals surface area contributed by atoms with E-state index in [4.69, 9.17) is 10.2 Å². The first kappa shape index (κ1) is 11.9. The molecule has 0 heterocycles. The van der Waals surface area contributed by atoms with Gasteiger partial charge in [-0.05, 0) is 18.3 Å². The van der Waals surface area contributed by atoms with Crippen molar-refractivity contribution in [1.29, 1.82) is 0 Å². The fourth-order valence-corrected chi connectivity index (χ4v) is 1.98. The highest BCUT2D eigenvalue weighted by molar-refractivity contribution is 4.73. The van der Waals surface area contributed by atoms with Gasteiger partial charge in [0.2, 0.25) is 0 Å². The third kappa shape index (κ3) is 4.73. The Hall–Kier alpha value is -0.0800. The van der Waals surface area contributed by atoms with Crippen molar-refractivity contribution in [3.63, 3.8) is 0 Å². The quantitative estimate of drug-likeness (QED) is 0.606. The highest BCUT2D eigenvalue weighted by Gasteiger charge is 2.24. The van der Waals surface area contributed by atoms with Crippen molar-refractivity contribution in [2.75, 3.05) is 0 Å². The molecule has 0 aliphatic rings. The van der Waals surface area contributed by atoms with Crippen LogP contribution in [-0.4, -0.2) is 16.5 Å². The molecule has 0 rings (SSSR count). The van der Waals surface area contributed by atoms with Crippen LogP contribution in [0.25, 0.3) is 0 Å². The Balaban J connectivity index is 3.98. The Morgan fingerprint density at radius 3 is 1.75 bits per heavy atom. The van der Waals surface area contributed by atoms with Crippen LogP contribution in [0.1, 0.15) is 52.9 Å². The Morgan fingerprint density at radius 1 is 1.08 bits per heavy atom. The van der Waals surface area contributed by atoms with E-state index in [0.29, 0.717) is 6.42 Å². The summed E-state index contributed by atoms with van der Waals surface area (Å²) in [6.45, 7) is 6.41. The SMILES string of the molecule is CCCC(C)(CCC)CC(O)O. The predicted molar refractivity (Wildman–Crippen MR) is 50.8 cm³/mol. The highest BCUT2D eigenvalue weighted by Crippen LogP contribution is 2.33. The van der Waals surface area contributed by atoms with Crippen LogP contribution in [0.15, 0.2) is 0 Å². The van der Waals surface area contributed by atoms with Crippen molar-refractivity contribution in [1.82, 2.24) is 0 Å². The first-order valence-corrected chi connectivity index (χ1v) is 4.90. The van der Waals surface area contributed by atoms with Crippen molar-refractivity contribution in [2.45, 2.75) is 59.2 Å². The van der Waals surface area contributed by atoms with Gasteiger partial charge in [0.15, 0.2) is 6.29 Å². The zero-order valence-corrected chi connectivity index (χ0v) is 8.51. The lowest BCUT2D eigenvalue weighted by Gasteiger charge is -2.29. The first-order chi connectivity index (χ1) is 5.54. The van der Waals surface area contributed by atoms with E-state index in [0.717, 1.165) is 25.7 Å². The topological polar surface area (TPSA) is 40.5 Å². The molecule has 0 unspecified atom stereocenters. The molecule has 0 saturated carbocycles. The summed E-state index contributed by atoms with van der Waals surface area (Å²) < 4.78 is 0. The van der Waals surface area contributed by atoms with Gasteiger partial charge in [0.05, 0.1) is 0 Å². The molecule has 0 spiro atoms. The summed E-state index contributed by atoms with van der Waals surface area (Å²) in [7, 11) is 0. The zero-order chi connectivity index (χ0) is 9.61. The monoisotopic (exact) mass is 174 g/mol.